The molecule has 1 fully saturated rings. The largest absolute Gasteiger partial charge is 0.380 e. The summed E-state index contributed by atoms with van der Waals surface area (Å²) in [6, 6.07) is 7.90. The second-order valence-electron chi connectivity index (χ2n) is 4.69. The first-order chi connectivity index (χ1) is 8.61. The summed E-state index contributed by atoms with van der Waals surface area (Å²) in [5, 5.41) is 2.36. The molecule has 2 rings (SSSR count). The third-order valence-electron chi connectivity index (χ3n) is 3.40. The summed E-state index contributed by atoms with van der Waals surface area (Å²) in [6.45, 7) is 2.43. The van der Waals surface area contributed by atoms with Gasteiger partial charge in [0, 0.05) is 25.4 Å². The van der Waals surface area contributed by atoms with E-state index >= 15 is 0 Å². The van der Waals surface area contributed by atoms with Crippen molar-refractivity contribution in [2.24, 2.45) is 5.92 Å². The molecule has 18 heavy (non-hydrogen) atoms. The van der Waals surface area contributed by atoms with Gasteiger partial charge in [0.2, 0.25) is 11.8 Å². The number of amides is 2. The average Bonchev–Trinajstić information content (AvgIpc) is 2.35. The van der Waals surface area contributed by atoms with Crippen molar-refractivity contribution in [3.8, 4) is 0 Å². The third kappa shape index (κ3) is 2.59. The van der Waals surface area contributed by atoms with Gasteiger partial charge in [0.25, 0.3) is 0 Å². The van der Waals surface area contributed by atoms with Crippen LogP contribution in [0.1, 0.15) is 30.4 Å². The van der Waals surface area contributed by atoms with Gasteiger partial charge < -0.3 is 4.74 Å². The van der Waals surface area contributed by atoms with Crippen molar-refractivity contribution < 1.29 is 14.3 Å². The quantitative estimate of drug-likeness (QED) is 0.825. The highest BCUT2D eigenvalue weighted by Crippen LogP contribution is 2.31. The van der Waals surface area contributed by atoms with E-state index in [9.17, 15) is 9.59 Å². The highest BCUT2D eigenvalue weighted by molar-refractivity contribution is 5.99. The minimum atomic E-state index is -0.191. The van der Waals surface area contributed by atoms with Gasteiger partial charge in [-0.25, -0.2) is 0 Å². The Balaban J connectivity index is 2.19. The van der Waals surface area contributed by atoms with Gasteiger partial charge in [0.05, 0.1) is 6.61 Å². The standard InChI is InChI=1S/C14H17NO3/c1-9-12(7-13(16)15-14(9)17)11-5-3-10(4-6-11)8-18-2/h3-6,9,12H,7-8H2,1-2H3,(H,15,16,17). The highest BCUT2D eigenvalue weighted by atomic mass is 16.5. The number of ether oxygens (including phenoxy) is 1. The summed E-state index contributed by atoms with van der Waals surface area (Å²) in [4.78, 5) is 23.0. The van der Waals surface area contributed by atoms with E-state index in [1.54, 1.807) is 7.11 Å². The second-order valence-corrected chi connectivity index (χ2v) is 4.69. The Morgan fingerprint density at radius 2 is 1.94 bits per heavy atom. The molecule has 4 heteroatoms. The number of imide groups is 1. The van der Waals surface area contributed by atoms with E-state index in [4.69, 9.17) is 4.74 Å². The van der Waals surface area contributed by atoms with Crippen LogP contribution in [0.3, 0.4) is 0 Å². The summed E-state index contributed by atoms with van der Waals surface area (Å²) >= 11 is 0. The van der Waals surface area contributed by atoms with Crippen LogP contribution in [0.4, 0.5) is 0 Å². The summed E-state index contributed by atoms with van der Waals surface area (Å²) in [6.07, 6.45) is 0.372. The van der Waals surface area contributed by atoms with Crippen LogP contribution in [-0.2, 0) is 20.9 Å². The summed E-state index contributed by atoms with van der Waals surface area (Å²) in [5.74, 6) is -0.569. The first-order valence-corrected chi connectivity index (χ1v) is 6.03. The predicted octanol–water partition coefficient (Wildman–Crippen LogP) is 1.60. The number of nitrogens with one attached hydrogen (secondary N) is 1. The molecule has 1 aromatic carbocycles. The van der Waals surface area contributed by atoms with Crippen LogP contribution in [-0.4, -0.2) is 18.9 Å². The van der Waals surface area contributed by atoms with Crippen LogP contribution >= 0.6 is 0 Å². The Hall–Kier alpha value is -1.68. The van der Waals surface area contributed by atoms with E-state index in [1.807, 2.05) is 31.2 Å². The number of rotatable bonds is 3. The van der Waals surface area contributed by atoms with Crippen LogP contribution < -0.4 is 5.32 Å². The molecule has 0 aromatic heterocycles. The lowest BCUT2D eigenvalue weighted by molar-refractivity contribution is -0.136. The molecule has 2 atom stereocenters. The van der Waals surface area contributed by atoms with Crippen molar-refractivity contribution in [1.82, 2.24) is 5.32 Å². The monoisotopic (exact) mass is 247 g/mol. The maximum absolute atomic E-state index is 11.6. The van der Waals surface area contributed by atoms with Crippen LogP contribution in [0.25, 0.3) is 0 Å². The fourth-order valence-electron chi connectivity index (χ4n) is 2.30. The van der Waals surface area contributed by atoms with E-state index in [0.717, 1.165) is 11.1 Å². The first kappa shape index (κ1) is 12.8. The summed E-state index contributed by atoms with van der Waals surface area (Å²) in [5.41, 5.74) is 2.12. The zero-order valence-electron chi connectivity index (χ0n) is 10.6. The molecule has 96 valence electrons. The van der Waals surface area contributed by atoms with E-state index in [1.165, 1.54) is 0 Å². The van der Waals surface area contributed by atoms with Crippen LogP contribution in [0.2, 0.25) is 0 Å². The lowest BCUT2D eigenvalue weighted by atomic mass is 9.81. The lowest BCUT2D eigenvalue weighted by Crippen LogP contribution is -2.43. The Bertz CT molecular complexity index is 453. The predicted molar refractivity (Wildman–Crippen MR) is 66.8 cm³/mol. The molecule has 4 nitrogen and oxygen atoms in total. The molecule has 1 saturated heterocycles. The number of carbonyl (C=O) groups excluding carboxylic acids is 2. The molecular weight excluding hydrogens is 230 g/mol. The molecule has 1 aromatic rings. The molecule has 1 heterocycles. The van der Waals surface area contributed by atoms with Crippen molar-refractivity contribution in [3.05, 3.63) is 35.4 Å². The normalized spacial score (nSPS) is 23.9. The number of hydrogen-bond acceptors (Lipinski definition) is 3. The molecule has 0 bridgehead atoms. The molecular formula is C14H17NO3. The fourth-order valence-corrected chi connectivity index (χ4v) is 2.30. The molecule has 1 aliphatic heterocycles. The van der Waals surface area contributed by atoms with Crippen LogP contribution in [0.5, 0.6) is 0 Å². The SMILES string of the molecule is COCc1ccc(C2CC(=O)NC(=O)C2C)cc1. The minimum Gasteiger partial charge on any atom is -0.380 e. The van der Waals surface area contributed by atoms with Crippen LogP contribution in [0.15, 0.2) is 24.3 Å². The molecule has 0 saturated carbocycles. The van der Waals surface area contributed by atoms with Gasteiger partial charge in [-0.05, 0) is 11.1 Å². The van der Waals surface area contributed by atoms with Gasteiger partial charge in [-0.15, -0.1) is 0 Å². The number of benzene rings is 1. The minimum absolute atomic E-state index is 0.0251. The van der Waals surface area contributed by atoms with Gasteiger partial charge >= 0.3 is 0 Å². The number of carbonyl (C=O) groups is 2. The Labute approximate surface area is 106 Å². The van der Waals surface area contributed by atoms with Crippen molar-refractivity contribution in [1.29, 1.82) is 0 Å². The van der Waals surface area contributed by atoms with Crippen molar-refractivity contribution >= 4 is 11.8 Å². The highest BCUT2D eigenvalue weighted by Gasteiger charge is 2.33. The maximum atomic E-state index is 11.6. The van der Waals surface area contributed by atoms with E-state index in [-0.39, 0.29) is 23.7 Å². The lowest BCUT2D eigenvalue weighted by Gasteiger charge is -2.27. The van der Waals surface area contributed by atoms with Crippen molar-refractivity contribution in [2.45, 2.75) is 25.9 Å². The van der Waals surface area contributed by atoms with E-state index in [0.29, 0.717) is 13.0 Å². The van der Waals surface area contributed by atoms with E-state index < -0.39 is 0 Å². The second kappa shape index (κ2) is 5.31. The first-order valence-electron chi connectivity index (χ1n) is 6.03. The molecule has 1 N–H and O–H groups in total. The van der Waals surface area contributed by atoms with Crippen LogP contribution in [0, 0.1) is 5.92 Å². The smallest absolute Gasteiger partial charge is 0.230 e. The zero-order chi connectivity index (χ0) is 13.1. The molecule has 0 aliphatic carbocycles. The molecule has 0 radical (unpaired) electrons. The number of methoxy groups -OCH3 is 1. The summed E-state index contributed by atoms with van der Waals surface area (Å²) in [7, 11) is 1.65. The van der Waals surface area contributed by atoms with Crippen molar-refractivity contribution in [3.63, 3.8) is 0 Å². The van der Waals surface area contributed by atoms with Gasteiger partial charge in [0.1, 0.15) is 0 Å². The van der Waals surface area contributed by atoms with Gasteiger partial charge in [-0.2, -0.15) is 0 Å². The molecule has 2 amide bonds. The molecule has 1 aliphatic rings. The average molecular weight is 247 g/mol. The van der Waals surface area contributed by atoms with Gasteiger partial charge in [0.15, 0.2) is 0 Å². The van der Waals surface area contributed by atoms with Gasteiger partial charge in [-0.1, -0.05) is 31.2 Å². The topological polar surface area (TPSA) is 55.4 Å². The number of piperidine rings is 1. The van der Waals surface area contributed by atoms with Gasteiger partial charge in [-0.3, -0.25) is 14.9 Å². The Morgan fingerprint density at radius 3 is 2.56 bits per heavy atom. The Kier molecular flexibility index (Phi) is 3.77. The Morgan fingerprint density at radius 1 is 1.28 bits per heavy atom. The van der Waals surface area contributed by atoms with E-state index in [2.05, 4.69) is 5.32 Å². The zero-order valence-corrected chi connectivity index (χ0v) is 10.6. The third-order valence-corrected chi connectivity index (χ3v) is 3.40. The van der Waals surface area contributed by atoms with Crippen molar-refractivity contribution in [2.75, 3.05) is 7.11 Å². The maximum Gasteiger partial charge on any atom is 0.230 e. The fraction of sp³-hybridized carbons (Fsp3) is 0.429. The summed E-state index contributed by atoms with van der Waals surface area (Å²) < 4.78 is 5.05. The molecule has 2 unspecified atom stereocenters. The molecule has 0 spiro atoms. The number of hydrogen-bond donors (Lipinski definition) is 1.